The van der Waals surface area contributed by atoms with E-state index in [4.69, 9.17) is 5.73 Å². The fourth-order valence-corrected chi connectivity index (χ4v) is 5.31. The van der Waals surface area contributed by atoms with Crippen molar-refractivity contribution in [3.05, 3.63) is 77.0 Å². The number of sulfonamides is 1. The summed E-state index contributed by atoms with van der Waals surface area (Å²) in [5.41, 5.74) is 13.8. The van der Waals surface area contributed by atoms with Crippen molar-refractivity contribution in [1.29, 1.82) is 0 Å². The Morgan fingerprint density at radius 1 is 1.13 bits per heavy atom. The van der Waals surface area contributed by atoms with E-state index in [9.17, 15) is 8.42 Å². The molecule has 0 aliphatic carbocycles. The van der Waals surface area contributed by atoms with Crippen molar-refractivity contribution in [3.8, 4) is 11.3 Å². The zero-order valence-corrected chi connectivity index (χ0v) is 19.1. The topological polar surface area (TPSA) is 79.5 Å². The van der Waals surface area contributed by atoms with Crippen LogP contribution in [0, 0.1) is 6.92 Å². The first kappa shape index (κ1) is 21.3. The molecule has 0 bridgehead atoms. The molecule has 2 aromatic carbocycles. The van der Waals surface area contributed by atoms with Gasteiger partial charge >= 0.3 is 0 Å². The summed E-state index contributed by atoms with van der Waals surface area (Å²) in [6.45, 7) is 2.45. The number of pyridine rings is 1. The van der Waals surface area contributed by atoms with Gasteiger partial charge in [0.2, 0.25) is 10.0 Å². The van der Waals surface area contributed by atoms with Gasteiger partial charge in [-0.25, -0.2) is 8.42 Å². The summed E-state index contributed by atoms with van der Waals surface area (Å²) in [4.78, 5) is 6.66. The smallest absolute Gasteiger partial charge is 0.212 e. The predicted molar refractivity (Wildman–Crippen MR) is 127 cm³/mol. The van der Waals surface area contributed by atoms with Crippen LogP contribution in [0.2, 0.25) is 0 Å². The van der Waals surface area contributed by atoms with E-state index >= 15 is 0 Å². The minimum atomic E-state index is -3.41. The van der Waals surface area contributed by atoms with Crippen molar-refractivity contribution in [1.82, 2.24) is 9.29 Å². The van der Waals surface area contributed by atoms with Crippen LogP contribution in [0.15, 0.2) is 54.7 Å². The van der Waals surface area contributed by atoms with E-state index in [0.29, 0.717) is 18.7 Å². The maximum absolute atomic E-state index is 12.7. The fraction of sp³-hybridized carbons (Fsp3) is 0.292. The molecule has 1 unspecified atom stereocenters. The Kier molecular flexibility index (Phi) is 5.49. The number of fused-ring (bicyclic) bond motifs is 1. The molecule has 7 heteroatoms. The lowest BCUT2D eigenvalue weighted by Crippen LogP contribution is -2.40. The van der Waals surface area contributed by atoms with E-state index in [-0.39, 0.29) is 0 Å². The van der Waals surface area contributed by atoms with E-state index in [2.05, 4.69) is 11.1 Å². The number of anilines is 2. The van der Waals surface area contributed by atoms with Crippen molar-refractivity contribution in [3.63, 3.8) is 0 Å². The van der Waals surface area contributed by atoms with Crippen LogP contribution in [0.3, 0.4) is 0 Å². The van der Waals surface area contributed by atoms with Gasteiger partial charge in [0.1, 0.15) is 0 Å². The summed E-state index contributed by atoms with van der Waals surface area (Å²) in [7, 11) is 0.551. The highest BCUT2D eigenvalue weighted by Gasteiger charge is 2.35. The van der Waals surface area contributed by atoms with Gasteiger partial charge in [-0.05, 0) is 59.9 Å². The van der Waals surface area contributed by atoms with Gasteiger partial charge in [-0.3, -0.25) is 4.98 Å². The van der Waals surface area contributed by atoms with Crippen molar-refractivity contribution in [2.75, 3.05) is 37.5 Å². The normalized spacial score (nSPS) is 16.7. The molecule has 0 radical (unpaired) electrons. The summed E-state index contributed by atoms with van der Waals surface area (Å²) >= 11 is 0. The van der Waals surface area contributed by atoms with Gasteiger partial charge in [0, 0.05) is 31.9 Å². The number of hydrogen-bond donors (Lipinski definition) is 1. The largest absolute Gasteiger partial charge is 0.398 e. The zero-order chi connectivity index (χ0) is 22.3. The Labute approximate surface area is 184 Å². The fourth-order valence-electron chi connectivity index (χ4n) is 4.27. The number of hydrogen-bond acceptors (Lipinski definition) is 5. The first-order valence-electron chi connectivity index (χ1n) is 10.2. The van der Waals surface area contributed by atoms with Crippen LogP contribution >= 0.6 is 0 Å². The lowest BCUT2D eigenvalue weighted by atomic mass is 9.87. The van der Waals surface area contributed by atoms with E-state index in [1.54, 1.807) is 4.31 Å². The van der Waals surface area contributed by atoms with E-state index in [1.165, 1.54) is 6.26 Å². The summed E-state index contributed by atoms with van der Waals surface area (Å²) < 4.78 is 26.9. The quantitative estimate of drug-likeness (QED) is 0.632. The van der Waals surface area contributed by atoms with Crippen LogP contribution in [0.5, 0.6) is 0 Å². The number of aryl methyl sites for hydroxylation is 1. The second-order valence-corrected chi connectivity index (χ2v) is 10.2. The number of nitrogens with zero attached hydrogens (tertiary/aromatic N) is 3. The Morgan fingerprint density at radius 2 is 1.90 bits per heavy atom. The maximum Gasteiger partial charge on any atom is 0.212 e. The molecule has 0 spiro atoms. The predicted octanol–water partition coefficient (Wildman–Crippen LogP) is 3.61. The molecule has 1 atom stereocenters. The first-order valence-corrected chi connectivity index (χ1v) is 12.1. The minimum absolute atomic E-state index is 0.406. The molecule has 0 fully saturated rings. The molecule has 0 saturated carbocycles. The first-order chi connectivity index (χ1) is 14.7. The summed E-state index contributed by atoms with van der Waals surface area (Å²) in [5.74, 6) is 0. The highest BCUT2D eigenvalue weighted by Crippen LogP contribution is 2.40. The lowest BCUT2D eigenvalue weighted by Gasteiger charge is -2.36. The number of nitrogen functional groups attached to an aromatic ring is 1. The van der Waals surface area contributed by atoms with Gasteiger partial charge < -0.3 is 10.6 Å². The average molecular weight is 437 g/mol. The van der Waals surface area contributed by atoms with Crippen LogP contribution in [-0.4, -0.2) is 44.6 Å². The number of nitrogens with two attached hydrogens (primary N) is 1. The van der Waals surface area contributed by atoms with Gasteiger partial charge in [-0.15, -0.1) is 0 Å². The van der Waals surface area contributed by atoms with Gasteiger partial charge in [0.15, 0.2) is 0 Å². The molecule has 4 rings (SSSR count). The molecule has 2 heterocycles. The molecule has 162 valence electrons. The summed E-state index contributed by atoms with van der Waals surface area (Å²) in [5, 5.41) is 0. The molecule has 2 N–H and O–H groups in total. The molecule has 0 amide bonds. The Morgan fingerprint density at radius 3 is 2.55 bits per heavy atom. The molecule has 0 saturated heterocycles. The third-order valence-corrected chi connectivity index (χ3v) is 7.20. The van der Waals surface area contributed by atoms with Crippen LogP contribution in [0.25, 0.3) is 11.3 Å². The SMILES string of the molecule is Cc1ccc(C2c3cccc(N)c3CCN2S(C)(=O)=O)cc1-c1ccc(N(C)C)cn1. The third-order valence-electron chi connectivity index (χ3n) is 5.96. The monoisotopic (exact) mass is 436 g/mol. The Bertz CT molecular complexity index is 1220. The van der Waals surface area contributed by atoms with E-state index in [0.717, 1.165) is 39.2 Å². The van der Waals surface area contributed by atoms with Gasteiger partial charge in [0.05, 0.1) is 29.9 Å². The van der Waals surface area contributed by atoms with Crippen LogP contribution < -0.4 is 10.6 Å². The molecule has 1 aromatic heterocycles. The molecule has 1 aliphatic rings. The maximum atomic E-state index is 12.7. The van der Waals surface area contributed by atoms with E-state index in [1.807, 2.05) is 74.6 Å². The Hall–Kier alpha value is -2.90. The van der Waals surface area contributed by atoms with Crippen molar-refractivity contribution < 1.29 is 8.42 Å². The van der Waals surface area contributed by atoms with Gasteiger partial charge in [-0.2, -0.15) is 4.31 Å². The van der Waals surface area contributed by atoms with Crippen molar-refractivity contribution in [2.24, 2.45) is 0 Å². The van der Waals surface area contributed by atoms with Crippen molar-refractivity contribution >= 4 is 21.4 Å². The number of aromatic nitrogens is 1. The second kappa shape index (κ2) is 7.98. The molecule has 31 heavy (non-hydrogen) atoms. The van der Waals surface area contributed by atoms with Crippen LogP contribution in [0.4, 0.5) is 11.4 Å². The number of rotatable bonds is 4. The Balaban J connectivity index is 1.86. The standard InChI is InChI=1S/C24H28N4O2S/c1-16-8-9-17(14-21(16)23-11-10-18(15-26-23)27(2)3)24-20-6-5-7-22(25)19(20)12-13-28(24)31(4,29)30/h5-11,14-15,24H,12-13,25H2,1-4H3. The van der Waals surface area contributed by atoms with Gasteiger partial charge in [0.25, 0.3) is 0 Å². The summed E-state index contributed by atoms with van der Waals surface area (Å²) in [6, 6.07) is 15.5. The van der Waals surface area contributed by atoms with Crippen LogP contribution in [-0.2, 0) is 16.4 Å². The van der Waals surface area contributed by atoms with Crippen molar-refractivity contribution in [2.45, 2.75) is 19.4 Å². The highest BCUT2D eigenvalue weighted by atomic mass is 32.2. The van der Waals surface area contributed by atoms with Crippen LogP contribution in [0.1, 0.15) is 28.3 Å². The zero-order valence-electron chi connectivity index (χ0n) is 18.3. The molecule has 6 nitrogen and oxygen atoms in total. The number of benzene rings is 2. The lowest BCUT2D eigenvalue weighted by molar-refractivity contribution is 0.347. The molecule has 1 aliphatic heterocycles. The average Bonchev–Trinajstić information content (AvgIpc) is 2.73. The van der Waals surface area contributed by atoms with Gasteiger partial charge in [-0.1, -0.05) is 24.3 Å². The van der Waals surface area contributed by atoms with E-state index < -0.39 is 16.1 Å². The molecular weight excluding hydrogens is 408 g/mol. The third kappa shape index (κ3) is 4.03. The summed E-state index contributed by atoms with van der Waals surface area (Å²) in [6.07, 6.45) is 3.73. The molecule has 3 aromatic rings. The minimum Gasteiger partial charge on any atom is -0.398 e. The second-order valence-electron chi connectivity index (χ2n) is 8.31. The molecular formula is C24H28N4O2S. The highest BCUT2D eigenvalue weighted by molar-refractivity contribution is 7.88.